The molecule has 0 saturated heterocycles. The molecule has 0 aliphatic heterocycles. The summed E-state index contributed by atoms with van der Waals surface area (Å²) < 4.78 is 0. The van der Waals surface area contributed by atoms with E-state index in [1.54, 1.807) is 6.08 Å². The lowest BCUT2D eigenvalue weighted by Crippen LogP contribution is -2.10. The van der Waals surface area contributed by atoms with Crippen molar-refractivity contribution in [2.24, 2.45) is 17.2 Å². The Bertz CT molecular complexity index is 189. The number of rotatable bonds is 2. The summed E-state index contributed by atoms with van der Waals surface area (Å²) in [5.41, 5.74) is 17.6. The summed E-state index contributed by atoms with van der Waals surface area (Å²) in [6, 6.07) is 0. The second kappa shape index (κ2) is 3.61. The molecular formula is C7H13N3. The van der Waals surface area contributed by atoms with Crippen LogP contribution >= 0.6 is 0 Å². The van der Waals surface area contributed by atoms with Crippen LogP contribution in [0.2, 0.25) is 0 Å². The first-order chi connectivity index (χ1) is 4.57. The van der Waals surface area contributed by atoms with Crippen LogP contribution in [0.3, 0.4) is 0 Å². The maximum Gasteiger partial charge on any atom is 0.0705 e. The van der Waals surface area contributed by atoms with Gasteiger partial charge in [0.25, 0.3) is 0 Å². The van der Waals surface area contributed by atoms with E-state index in [0.717, 1.165) is 5.57 Å². The molecule has 0 bridgehead atoms. The zero-order valence-corrected chi connectivity index (χ0v) is 6.09. The van der Waals surface area contributed by atoms with Crippen molar-refractivity contribution in [1.82, 2.24) is 0 Å². The molecule has 0 aromatic carbocycles. The van der Waals surface area contributed by atoms with Crippen molar-refractivity contribution < 1.29 is 0 Å². The summed E-state index contributed by atoms with van der Waals surface area (Å²) in [7, 11) is 0. The van der Waals surface area contributed by atoms with Gasteiger partial charge in [0.05, 0.1) is 11.4 Å². The van der Waals surface area contributed by atoms with Crippen LogP contribution in [0, 0.1) is 0 Å². The summed E-state index contributed by atoms with van der Waals surface area (Å²) >= 11 is 0. The Morgan fingerprint density at radius 2 is 1.80 bits per heavy atom. The van der Waals surface area contributed by atoms with Crippen LogP contribution in [0.25, 0.3) is 0 Å². The predicted octanol–water partition coefficient (Wildman–Crippen LogP) is 0.164. The van der Waals surface area contributed by atoms with Gasteiger partial charge in [0.1, 0.15) is 0 Å². The van der Waals surface area contributed by atoms with Crippen molar-refractivity contribution in [3.63, 3.8) is 0 Å². The highest BCUT2D eigenvalue weighted by atomic mass is 14.7. The van der Waals surface area contributed by atoms with Crippen LogP contribution in [0.5, 0.6) is 0 Å². The first kappa shape index (κ1) is 8.62. The third kappa shape index (κ3) is 2.81. The molecule has 0 heterocycles. The second-order valence-electron chi connectivity index (χ2n) is 2.07. The summed E-state index contributed by atoms with van der Waals surface area (Å²) in [5.74, 6) is 0. The SMILES string of the molecule is C=C(C)/C=C(N)\C(N)=C/N. The van der Waals surface area contributed by atoms with Gasteiger partial charge in [0.15, 0.2) is 0 Å². The lowest BCUT2D eigenvalue weighted by molar-refractivity contribution is 1.21. The first-order valence-electron chi connectivity index (χ1n) is 2.88. The molecule has 0 amide bonds. The third-order valence-electron chi connectivity index (χ3n) is 0.915. The van der Waals surface area contributed by atoms with Gasteiger partial charge in [0, 0.05) is 6.20 Å². The van der Waals surface area contributed by atoms with Gasteiger partial charge < -0.3 is 17.2 Å². The molecule has 0 unspecified atom stereocenters. The molecule has 3 nitrogen and oxygen atoms in total. The van der Waals surface area contributed by atoms with Crippen LogP contribution in [-0.4, -0.2) is 0 Å². The minimum absolute atomic E-state index is 0.378. The van der Waals surface area contributed by atoms with E-state index in [1.807, 2.05) is 6.92 Å². The number of hydrogen-bond donors (Lipinski definition) is 3. The molecule has 0 aliphatic carbocycles. The predicted molar refractivity (Wildman–Crippen MR) is 43.5 cm³/mol. The van der Waals surface area contributed by atoms with Crippen molar-refractivity contribution in [3.8, 4) is 0 Å². The van der Waals surface area contributed by atoms with Gasteiger partial charge in [-0.3, -0.25) is 0 Å². The topological polar surface area (TPSA) is 78.1 Å². The molecule has 0 aromatic rings. The smallest absolute Gasteiger partial charge is 0.0705 e. The highest BCUT2D eigenvalue weighted by Crippen LogP contribution is 1.98. The maximum absolute atomic E-state index is 5.46. The van der Waals surface area contributed by atoms with Gasteiger partial charge in [-0.25, -0.2) is 0 Å². The minimum Gasteiger partial charge on any atom is -0.403 e. The molecule has 0 rings (SSSR count). The van der Waals surface area contributed by atoms with Crippen LogP contribution in [0.15, 0.2) is 35.8 Å². The van der Waals surface area contributed by atoms with Gasteiger partial charge >= 0.3 is 0 Å². The Morgan fingerprint density at radius 3 is 2.10 bits per heavy atom. The normalized spacial score (nSPS) is 13.3. The average molecular weight is 139 g/mol. The lowest BCUT2D eigenvalue weighted by Gasteiger charge is -1.98. The summed E-state index contributed by atoms with van der Waals surface area (Å²) in [5, 5.41) is 0. The fourth-order valence-corrected chi connectivity index (χ4v) is 0.445. The van der Waals surface area contributed by atoms with Crippen LogP contribution in [-0.2, 0) is 0 Å². The molecule has 0 aliphatic rings. The highest BCUT2D eigenvalue weighted by molar-refractivity contribution is 5.30. The fraction of sp³-hybridized carbons (Fsp3) is 0.143. The largest absolute Gasteiger partial charge is 0.403 e. The van der Waals surface area contributed by atoms with Gasteiger partial charge in [-0.2, -0.15) is 0 Å². The fourth-order valence-electron chi connectivity index (χ4n) is 0.445. The van der Waals surface area contributed by atoms with E-state index in [0.29, 0.717) is 11.4 Å². The van der Waals surface area contributed by atoms with E-state index >= 15 is 0 Å². The Kier molecular flexibility index (Phi) is 3.11. The Morgan fingerprint density at radius 1 is 1.30 bits per heavy atom. The second-order valence-corrected chi connectivity index (χ2v) is 2.07. The molecule has 3 heteroatoms. The van der Waals surface area contributed by atoms with E-state index in [9.17, 15) is 0 Å². The molecule has 56 valence electrons. The molecule has 0 saturated carbocycles. The van der Waals surface area contributed by atoms with Crippen LogP contribution in [0.4, 0.5) is 0 Å². The molecule has 6 N–H and O–H groups in total. The zero-order valence-electron chi connectivity index (χ0n) is 6.09. The van der Waals surface area contributed by atoms with Crippen LogP contribution < -0.4 is 17.2 Å². The minimum atomic E-state index is 0.378. The molecule has 0 spiro atoms. The number of allylic oxidation sites excluding steroid dienone is 2. The standard InChI is InChI=1S/C7H13N3/c1-5(2)3-6(9)7(10)4-8/h3-4H,1,8-10H2,2H3/b6-3+,7-4+. The van der Waals surface area contributed by atoms with Gasteiger partial charge in [-0.05, 0) is 13.0 Å². The number of nitrogens with two attached hydrogens (primary N) is 3. The molecule has 0 atom stereocenters. The molecule has 0 radical (unpaired) electrons. The maximum atomic E-state index is 5.46. The van der Waals surface area contributed by atoms with Crippen molar-refractivity contribution in [2.45, 2.75) is 6.92 Å². The number of hydrogen-bond acceptors (Lipinski definition) is 3. The highest BCUT2D eigenvalue weighted by Gasteiger charge is 1.91. The molecule has 10 heavy (non-hydrogen) atoms. The van der Waals surface area contributed by atoms with Gasteiger partial charge in [0.2, 0.25) is 0 Å². The van der Waals surface area contributed by atoms with Crippen molar-refractivity contribution in [2.75, 3.05) is 0 Å². The summed E-state index contributed by atoms with van der Waals surface area (Å²) in [4.78, 5) is 0. The van der Waals surface area contributed by atoms with Crippen LogP contribution in [0.1, 0.15) is 6.92 Å². The zero-order chi connectivity index (χ0) is 8.15. The molecular weight excluding hydrogens is 126 g/mol. The van der Waals surface area contributed by atoms with Gasteiger partial charge in [-0.1, -0.05) is 12.2 Å². The average Bonchev–Trinajstić information content (AvgIpc) is 1.85. The Balaban J connectivity index is 4.35. The van der Waals surface area contributed by atoms with E-state index in [2.05, 4.69) is 6.58 Å². The molecule has 0 aromatic heterocycles. The van der Waals surface area contributed by atoms with Crippen molar-refractivity contribution in [1.29, 1.82) is 0 Å². The first-order valence-corrected chi connectivity index (χ1v) is 2.88. The van der Waals surface area contributed by atoms with E-state index in [4.69, 9.17) is 17.2 Å². The third-order valence-corrected chi connectivity index (χ3v) is 0.915. The lowest BCUT2D eigenvalue weighted by atomic mass is 10.2. The van der Waals surface area contributed by atoms with E-state index in [-0.39, 0.29) is 0 Å². The Labute approximate surface area is 60.9 Å². The van der Waals surface area contributed by atoms with Crippen molar-refractivity contribution >= 4 is 0 Å². The summed E-state index contributed by atoms with van der Waals surface area (Å²) in [6.07, 6.45) is 2.92. The quantitative estimate of drug-likeness (QED) is 0.477. The van der Waals surface area contributed by atoms with Crippen molar-refractivity contribution in [3.05, 3.63) is 35.8 Å². The van der Waals surface area contributed by atoms with E-state index in [1.165, 1.54) is 6.20 Å². The monoisotopic (exact) mass is 139 g/mol. The van der Waals surface area contributed by atoms with Gasteiger partial charge in [-0.15, -0.1) is 0 Å². The Hall–Kier alpha value is -1.38. The van der Waals surface area contributed by atoms with E-state index < -0.39 is 0 Å². The molecule has 0 fully saturated rings. The summed E-state index contributed by atoms with van der Waals surface area (Å²) in [6.45, 7) is 5.46.